The fraction of sp³-hybridized carbons (Fsp3) is 0.250. The van der Waals surface area contributed by atoms with Gasteiger partial charge in [0.2, 0.25) is 0 Å². The number of ether oxygens (including phenoxy) is 2. The van der Waals surface area contributed by atoms with Gasteiger partial charge in [-0.3, -0.25) is 14.5 Å². The number of aryl methyl sites for hydroxylation is 1. The lowest BCUT2D eigenvalue weighted by Gasteiger charge is -2.14. The van der Waals surface area contributed by atoms with Crippen LogP contribution >= 0.6 is 0 Å². The van der Waals surface area contributed by atoms with Crippen LogP contribution in [0.1, 0.15) is 45.4 Å². The van der Waals surface area contributed by atoms with E-state index < -0.39 is 0 Å². The zero-order valence-corrected chi connectivity index (χ0v) is 20.3. The number of carbonyl (C=O) groups is 1. The Morgan fingerprint density at radius 1 is 0.943 bits per heavy atom. The fourth-order valence-corrected chi connectivity index (χ4v) is 3.85. The summed E-state index contributed by atoms with van der Waals surface area (Å²) in [6.45, 7) is 7.85. The van der Waals surface area contributed by atoms with E-state index >= 15 is 0 Å². The Hall–Kier alpha value is -4.13. The summed E-state index contributed by atoms with van der Waals surface area (Å²) < 4.78 is 13.7. The van der Waals surface area contributed by atoms with Crippen molar-refractivity contribution in [3.05, 3.63) is 107 Å². The molecule has 2 aromatic heterocycles. The Balaban J connectivity index is 1.42. The SMILES string of the molecule is CCOc1cc(C(=O)NCc2c(C)nn(Cc3ccccc3)c2C)ccc1OCc1ccncc1. The van der Waals surface area contributed by atoms with Crippen molar-refractivity contribution in [3.63, 3.8) is 0 Å². The molecule has 1 N–H and O–H groups in total. The number of hydrogen-bond donors (Lipinski definition) is 1. The molecule has 4 aromatic rings. The molecule has 0 saturated heterocycles. The van der Waals surface area contributed by atoms with Gasteiger partial charge in [-0.25, -0.2) is 0 Å². The summed E-state index contributed by atoms with van der Waals surface area (Å²) in [6, 6.07) is 19.2. The summed E-state index contributed by atoms with van der Waals surface area (Å²) in [4.78, 5) is 17.0. The van der Waals surface area contributed by atoms with Gasteiger partial charge in [0.25, 0.3) is 5.91 Å². The minimum absolute atomic E-state index is 0.179. The van der Waals surface area contributed by atoms with Gasteiger partial charge in [-0.2, -0.15) is 5.10 Å². The van der Waals surface area contributed by atoms with Crippen LogP contribution in [0.4, 0.5) is 0 Å². The molecule has 0 unspecified atom stereocenters. The number of aromatic nitrogens is 3. The third-order valence-corrected chi connectivity index (χ3v) is 5.78. The largest absolute Gasteiger partial charge is 0.490 e. The molecule has 1 amide bonds. The van der Waals surface area contributed by atoms with Crippen molar-refractivity contribution in [3.8, 4) is 11.5 Å². The van der Waals surface area contributed by atoms with E-state index in [0.29, 0.717) is 43.4 Å². The lowest BCUT2D eigenvalue weighted by atomic mass is 10.1. The van der Waals surface area contributed by atoms with E-state index in [1.54, 1.807) is 30.6 Å². The van der Waals surface area contributed by atoms with Crippen LogP contribution in [0, 0.1) is 13.8 Å². The lowest BCUT2D eigenvalue weighted by molar-refractivity contribution is 0.0950. The Kier molecular flexibility index (Phi) is 7.77. The first-order valence-corrected chi connectivity index (χ1v) is 11.7. The molecule has 2 heterocycles. The molecule has 180 valence electrons. The fourth-order valence-electron chi connectivity index (χ4n) is 3.85. The van der Waals surface area contributed by atoms with E-state index in [1.165, 1.54) is 5.56 Å². The first-order valence-electron chi connectivity index (χ1n) is 11.7. The quantitative estimate of drug-likeness (QED) is 0.358. The molecule has 0 aliphatic carbocycles. The van der Waals surface area contributed by atoms with Crippen LogP contribution < -0.4 is 14.8 Å². The molecule has 0 radical (unpaired) electrons. The summed E-state index contributed by atoms with van der Waals surface area (Å²) in [7, 11) is 0. The van der Waals surface area contributed by atoms with Crippen molar-refractivity contribution >= 4 is 5.91 Å². The number of amides is 1. The number of rotatable bonds is 10. The smallest absolute Gasteiger partial charge is 0.251 e. The van der Waals surface area contributed by atoms with Gasteiger partial charge in [0, 0.05) is 35.8 Å². The standard InChI is InChI=1S/C28H30N4O3/c1-4-34-27-16-24(10-11-26(27)35-19-23-12-14-29-15-13-23)28(33)30-17-25-20(2)31-32(21(25)3)18-22-8-6-5-7-9-22/h5-16H,4,17-19H2,1-3H3,(H,30,33). The van der Waals surface area contributed by atoms with Gasteiger partial charge in [0.05, 0.1) is 18.8 Å². The number of nitrogens with zero attached hydrogens (tertiary/aromatic N) is 3. The highest BCUT2D eigenvalue weighted by atomic mass is 16.5. The van der Waals surface area contributed by atoms with Crippen molar-refractivity contribution in [2.45, 2.75) is 40.5 Å². The molecule has 35 heavy (non-hydrogen) atoms. The zero-order valence-electron chi connectivity index (χ0n) is 20.3. The van der Waals surface area contributed by atoms with Gasteiger partial charge in [-0.1, -0.05) is 30.3 Å². The predicted octanol–water partition coefficient (Wildman–Crippen LogP) is 4.85. The van der Waals surface area contributed by atoms with Crippen LogP contribution in [0.3, 0.4) is 0 Å². The van der Waals surface area contributed by atoms with Gasteiger partial charge >= 0.3 is 0 Å². The van der Waals surface area contributed by atoms with Crippen molar-refractivity contribution in [2.75, 3.05) is 6.61 Å². The molecule has 7 heteroatoms. The zero-order chi connectivity index (χ0) is 24.6. The maximum atomic E-state index is 12.9. The van der Waals surface area contributed by atoms with E-state index in [4.69, 9.17) is 9.47 Å². The third kappa shape index (κ3) is 6.06. The Labute approximate surface area is 205 Å². The molecule has 7 nitrogen and oxygen atoms in total. The van der Waals surface area contributed by atoms with E-state index in [0.717, 1.165) is 22.5 Å². The minimum atomic E-state index is -0.179. The highest BCUT2D eigenvalue weighted by molar-refractivity contribution is 5.94. The van der Waals surface area contributed by atoms with E-state index in [-0.39, 0.29) is 5.91 Å². The summed E-state index contributed by atoms with van der Waals surface area (Å²) in [6.07, 6.45) is 3.45. The molecule has 2 aromatic carbocycles. The van der Waals surface area contributed by atoms with Crippen molar-refractivity contribution < 1.29 is 14.3 Å². The third-order valence-electron chi connectivity index (χ3n) is 5.78. The minimum Gasteiger partial charge on any atom is -0.490 e. The lowest BCUT2D eigenvalue weighted by Crippen LogP contribution is -2.23. The molecule has 0 bridgehead atoms. The molecule has 0 saturated carbocycles. The van der Waals surface area contributed by atoms with E-state index in [2.05, 4.69) is 27.5 Å². The molecular formula is C28H30N4O3. The molecule has 0 spiro atoms. The highest BCUT2D eigenvalue weighted by Crippen LogP contribution is 2.29. The molecule has 0 atom stereocenters. The van der Waals surface area contributed by atoms with Crippen LogP contribution in [0.2, 0.25) is 0 Å². The number of hydrogen-bond acceptors (Lipinski definition) is 5. The highest BCUT2D eigenvalue weighted by Gasteiger charge is 2.15. The first kappa shape index (κ1) is 24.0. The van der Waals surface area contributed by atoms with Gasteiger partial charge < -0.3 is 14.8 Å². The summed E-state index contributed by atoms with van der Waals surface area (Å²) >= 11 is 0. The Bertz CT molecular complexity index is 1270. The Morgan fingerprint density at radius 3 is 2.46 bits per heavy atom. The average molecular weight is 471 g/mol. The van der Waals surface area contributed by atoms with Gasteiger partial charge in [0.15, 0.2) is 11.5 Å². The summed E-state index contributed by atoms with van der Waals surface area (Å²) in [5.74, 6) is 0.951. The van der Waals surface area contributed by atoms with Crippen LogP contribution in [-0.4, -0.2) is 27.3 Å². The monoisotopic (exact) mass is 470 g/mol. The molecule has 4 rings (SSSR count). The predicted molar refractivity (Wildman–Crippen MR) is 135 cm³/mol. The van der Waals surface area contributed by atoms with Crippen molar-refractivity contribution in [2.24, 2.45) is 0 Å². The summed E-state index contributed by atoms with van der Waals surface area (Å²) in [5.41, 5.74) is 5.68. The maximum Gasteiger partial charge on any atom is 0.251 e. The molecule has 0 aliphatic heterocycles. The van der Waals surface area contributed by atoms with E-state index in [1.807, 2.05) is 55.8 Å². The van der Waals surface area contributed by atoms with Crippen LogP contribution in [0.5, 0.6) is 11.5 Å². The molecular weight excluding hydrogens is 440 g/mol. The second-order valence-electron chi connectivity index (χ2n) is 8.21. The second-order valence-corrected chi connectivity index (χ2v) is 8.21. The topological polar surface area (TPSA) is 78.3 Å². The average Bonchev–Trinajstić information content (AvgIpc) is 3.14. The van der Waals surface area contributed by atoms with Gasteiger partial charge in [0.1, 0.15) is 6.61 Å². The van der Waals surface area contributed by atoms with Gasteiger partial charge in [-0.05, 0) is 62.2 Å². The summed E-state index contributed by atoms with van der Waals surface area (Å²) in [5, 5.41) is 7.70. The van der Waals surface area contributed by atoms with Gasteiger partial charge in [-0.15, -0.1) is 0 Å². The normalized spacial score (nSPS) is 10.7. The molecule has 0 aliphatic rings. The first-order chi connectivity index (χ1) is 17.0. The van der Waals surface area contributed by atoms with Crippen molar-refractivity contribution in [1.29, 1.82) is 0 Å². The second kappa shape index (κ2) is 11.3. The van der Waals surface area contributed by atoms with Crippen LogP contribution in [-0.2, 0) is 19.7 Å². The number of carbonyl (C=O) groups excluding carboxylic acids is 1. The maximum absolute atomic E-state index is 12.9. The number of nitrogens with one attached hydrogen (secondary N) is 1. The van der Waals surface area contributed by atoms with Crippen LogP contribution in [0.25, 0.3) is 0 Å². The number of benzene rings is 2. The van der Waals surface area contributed by atoms with Crippen molar-refractivity contribution in [1.82, 2.24) is 20.1 Å². The molecule has 0 fully saturated rings. The Morgan fingerprint density at radius 2 is 1.71 bits per heavy atom. The van der Waals surface area contributed by atoms with Crippen LogP contribution in [0.15, 0.2) is 73.1 Å². The number of pyridine rings is 1. The van der Waals surface area contributed by atoms with E-state index in [9.17, 15) is 4.79 Å².